The average Bonchev–Trinajstić information content (AvgIpc) is 3.27. The Hall–Kier alpha value is -2.54. The van der Waals surface area contributed by atoms with Crippen molar-refractivity contribution in [3.05, 3.63) is 108 Å². The van der Waals surface area contributed by atoms with Crippen molar-refractivity contribution in [1.29, 1.82) is 0 Å². The van der Waals surface area contributed by atoms with E-state index in [4.69, 9.17) is 19.6 Å². The van der Waals surface area contributed by atoms with Gasteiger partial charge in [-0.3, -0.25) is 4.90 Å². The highest BCUT2D eigenvalue weighted by Crippen LogP contribution is 2.36. The van der Waals surface area contributed by atoms with Crippen molar-refractivity contribution < 1.29 is 19.6 Å². The highest BCUT2D eigenvalue weighted by atomic mass is 17.3. The quantitative estimate of drug-likeness (QED) is 0.200. The van der Waals surface area contributed by atoms with E-state index < -0.39 is 17.0 Å². The smallest absolute Gasteiger partial charge is 0.247 e. The number of likely N-dealkylation sites (tertiary alicyclic amines) is 1. The molecule has 0 aromatic heterocycles. The van der Waals surface area contributed by atoms with Crippen LogP contribution in [-0.4, -0.2) is 23.8 Å². The van der Waals surface area contributed by atoms with Crippen LogP contribution in [0.3, 0.4) is 0 Å². The molecule has 5 heteroatoms. The average molecular weight is 462 g/mol. The van der Waals surface area contributed by atoms with E-state index in [1.54, 1.807) is 0 Å². The molecule has 3 aromatic carbocycles. The van der Waals surface area contributed by atoms with Gasteiger partial charge in [-0.1, -0.05) is 91.0 Å². The summed E-state index contributed by atoms with van der Waals surface area (Å²) in [5.74, 6) is -1.05. The maximum atomic E-state index is 6.12. The van der Waals surface area contributed by atoms with Gasteiger partial charge in [0.25, 0.3) is 0 Å². The summed E-state index contributed by atoms with van der Waals surface area (Å²) in [6, 6.07) is 30.5. The fourth-order valence-corrected chi connectivity index (χ4v) is 4.09. The first kappa shape index (κ1) is 24.6. The molecule has 0 radical (unpaired) electrons. The van der Waals surface area contributed by atoms with Crippen LogP contribution in [-0.2, 0) is 37.3 Å². The van der Waals surface area contributed by atoms with Gasteiger partial charge in [0.15, 0.2) is 0 Å². The maximum Gasteiger partial charge on any atom is 0.247 e. The molecule has 1 aliphatic rings. The van der Waals surface area contributed by atoms with Gasteiger partial charge >= 0.3 is 0 Å². The van der Waals surface area contributed by atoms with Crippen LogP contribution in [0.15, 0.2) is 91.0 Å². The van der Waals surface area contributed by atoms with Gasteiger partial charge in [0, 0.05) is 19.5 Å². The highest BCUT2D eigenvalue weighted by molar-refractivity contribution is 5.21. The second-order valence-corrected chi connectivity index (χ2v) is 9.94. The van der Waals surface area contributed by atoms with Crippen LogP contribution in [0.25, 0.3) is 0 Å². The molecule has 4 rings (SSSR count). The van der Waals surface area contributed by atoms with Gasteiger partial charge in [-0.05, 0) is 44.4 Å². The Kier molecular flexibility index (Phi) is 7.51. The molecule has 0 amide bonds. The Labute approximate surface area is 203 Å². The van der Waals surface area contributed by atoms with Crippen LogP contribution in [0, 0.1) is 0 Å². The summed E-state index contributed by atoms with van der Waals surface area (Å²) >= 11 is 0. The van der Waals surface area contributed by atoms with Gasteiger partial charge in [0.2, 0.25) is 5.79 Å². The van der Waals surface area contributed by atoms with E-state index in [0.29, 0.717) is 13.0 Å². The van der Waals surface area contributed by atoms with E-state index in [1.807, 2.05) is 94.4 Å². The molecule has 34 heavy (non-hydrogen) atoms. The first-order valence-electron chi connectivity index (χ1n) is 11.9. The van der Waals surface area contributed by atoms with Crippen molar-refractivity contribution in [2.75, 3.05) is 13.1 Å². The van der Waals surface area contributed by atoms with Crippen LogP contribution >= 0.6 is 0 Å². The second-order valence-electron chi connectivity index (χ2n) is 9.94. The van der Waals surface area contributed by atoms with E-state index in [2.05, 4.69) is 29.2 Å². The van der Waals surface area contributed by atoms with Crippen LogP contribution in [0.5, 0.6) is 0 Å². The minimum atomic E-state index is -1.05. The summed E-state index contributed by atoms with van der Waals surface area (Å²) in [4.78, 5) is 26.6. The van der Waals surface area contributed by atoms with E-state index in [-0.39, 0.29) is 0 Å². The molecule has 0 spiro atoms. The normalized spacial score (nSPS) is 16.6. The Morgan fingerprint density at radius 3 is 1.59 bits per heavy atom. The molecular weight excluding hydrogens is 426 g/mol. The van der Waals surface area contributed by atoms with Crippen molar-refractivity contribution >= 4 is 0 Å². The molecule has 1 aliphatic heterocycles. The van der Waals surface area contributed by atoms with E-state index >= 15 is 0 Å². The Morgan fingerprint density at radius 1 is 0.676 bits per heavy atom. The summed E-state index contributed by atoms with van der Waals surface area (Å²) in [5.41, 5.74) is 1.98. The third kappa shape index (κ3) is 6.12. The van der Waals surface area contributed by atoms with Crippen molar-refractivity contribution in [1.82, 2.24) is 4.90 Å². The number of nitrogens with zero attached hydrogens (tertiary/aromatic N) is 1. The van der Waals surface area contributed by atoms with E-state index in [1.165, 1.54) is 5.56 Å². The van der Waals surface area contributed by atoms with Crippen LogP contribution in [0.1, 0.15) is 50.8 Å². The van der Waals surface area contributed by atoms with Gasteiger partial charge in [-0.2, -0.15) is 9.78 Å². The fourth-order valence-electron chi connectivity index (χ4n) is 4.09. The van der Waals surface area contributed by atoms with Crippen molar-refractivity contribution in [3.63, 3.8) is 0 Å². The fraction of sp³-hybridized carbons (Fsp3) is 0.379. The summed E-state index contributed by atoms with van der Waals surface area (Å²) in [6.45, 7) is 10.1. The van der Waals surface area contributed by atoms with E-state index in [0.717, 1.165) is 24.2 Å². The van der Waals surface area contributed by atoms with Crippen LogP contribution < -0.4 is 0 Å². The van der Waals surface area contributed by atoms with Gasteiger partial charge in [-0.25, -0.2) is 9.78 Å². The third-order valence-electron chi connectivity index (χ3n) is 6.26. The number of rotatable bonds is 10. The van der Waals surface area contributed by atoms with Crippen molar-refractivity contribution in [2.45, 2.75) is 57.6 Å². The van der Waals surface area contributed by atoms with Crippen molar-refractivity contribution in [2.24, 2.45) is 0 Å². The molecule has 3 aromatic rings. The molecule has 0 saturated carbocycles. The summed E-state index contributed by atoms with van der Waals surface area (Å²) in [6.07, 6.45) is 0.621. The zero-order valence-electron chi connectivity index (χ0n) is 20.6. The number of benzene rings is 3. The molecule has 1 heterocycles. The zero-order chi connectivity index (χ0) is 24.1. The lowest BCUT2D eigenvalue weighted by atomic mass is 9.99. The monoisotopic (exact) mass is 461 g/mol. The first-order chi connectivity index (χ1) is 16.3. The molecule has 5 nitrogen and oxygen atoms in total. The van der Waals surface area contributed by atoms with Gasteiger partial charge < -0.3 is 0 Å². The molecule has 180 valence electrons. The SMILES string of the molecule is CC(C)(OOC1(OOC(C)(C)c2ccccc2)CCN(Cc2ccccc2)C1)c1ccccc1. The minimum absolute atomic E-state index is 0.525. The molecule has 0 N–H and O–H groups in total. The number of hydrogen-bond acceptors (Lipinski definition) is 5. The lowest BCUT2D eigenvalue weighted by molar-refractivity contribution is -0.542. The highest BCUT2D eigenvalue weighted by Gasteiger charge is 2.46. The van der Waals surface area contributed by atoms with E-state index in [9.17, 15) is 0 Å². The Balaban J connectivity index is 1.49. The van der Waals surface area contributed by atoms with Gasteiger partial charge in [-0.15, -0.1) is 0 Å². The van der Waals surface area contributed by atoms with Crippen LogP contribution in [0.4, 0.5) is 0 Å². The Bertz CT molecular complexity index is 966. The van der Waals surface area contributed by atoms with Gasteiger partial charge in [0.1, 0.15) is 11.2 Å². The molecule has 0 unspecified atom stereocenters. The topological polar surface area (TPSA) is 40.2 Å². The zero-order valence-corrected chi connectivity index (χ0v) is 20.6. The predicted octanol–water partition coefficient (Wildman–Crippen LogP) is 6.36. The summed E-state index contributed by atoms with van der Waals surface area (Å²) in [5, 5.41) is 0. The Morgan fingerprint density at radius 2 is 1.12 bits per heavy atom. The lowest BCUT2D eigenvalue weighted by Crippen LogP contribution is -2.43. The standard InChI is InChI=1S/C29H35NO4/c1-27(2,25-16-10-6-11-17-25)31-33-29(34-32-28(3,4)26-18-12-7-13-19-26)20-21-30(23-29)22-24-14-8-5-9-15-24/h5-19H,20-23H2,1-4H3. The molecule has 0 atom stereocenters. The molecular formula is C29H35NO4. The molecule has 1 fully saturated rings. The lowest BCUT2D eigenvalue weighted by Gasteiger charge is -2.35. The predicted molar refractivity (Wildman–Crippen MR) is 132 cm³/mol. The third-order valence-corrected chi connectivity index (χ3v) is 6.26. The largest absolute Gasteiger partial charge is 0.293 e. The minimum Gasteiger partial charge on any atom is -0.293 e. The summed E-state index contributed by atoms with van der Waals surface area (Å²) < 4.78 is 0. The molecule has 0 aliphatic carbocycles. The van der Waals surface area contributed by atoms with Crippen LogP contribution in [0.2, 0.25) is 0 Å². The first-order valence-corrected chi connectivity index (χ1v) is 11.9. The summed E-state index contributed by atoms with van der Waals surface area (Å²) in [7, 11) is 0. The molecule has 1 saturated heterocycles. The van der Waals surface area contributed by atoms with Gasteiger partial charge in [0.05, 0.1) is 6.54 Å². The number of hydrogen-bond donors (Lipinski definition) is 0. The maximum absolute atomic E-state index is 6.12. The molecule has 0 bridgehead atoms. The second kappa shape index (κ2) is 10.4. The van der Waals surface area contributed by atoms with Crippen molar-refractivity contribution in [3.8, 4) is 0 Å².